The summed E-state index contributed by atoms with van der Waals surface area (Å²) < 4.78 is 10.8. The Bertz CT molecular complexity index is 777. The quantitative estimate of drug-likeness (QED) is 0.677. The zero-order valence-corrected chi connectivity index (χ0v) is 12.2. The molecule has 0 bridgehead atoms. The maximum absolute atomic E-state index is 5.96. The average Bonchev–Trinajstić information content (AvgIpc) is 2.47. The van der Waals surface area contributed by atoms with Crippen molar-refractivity contribution in [1.29, 1.82) is 0 Å². The summed E-state index contributed by atoms with van der Waals surface area (Å²) in [5, 5.41) is 2.59. The summed E-state index contributed by atoms with van der Waals surface area (Å²) in [5.41, 5.74) is 0. The van der Waals surface area contributed by atoms with Gasteiger partial charge in [0.05, 0.1) is 0 Å². The molecule has 1 heterocycles. The van der Waals surface area contributed by atoms with E-state index >= 15 is 0 Å². The zero-order valence-electron chi connectivity index (χ0n) is 11.4. The van der Waals surface area contributed by atoms with E-state index in [0.717, 1.165) is 10.8 Å². The lowest BCUT2D eigenvalue weighted by Crippen LogP contribution is -1.99. The minimum absolute atomic E-state index is 0.286. The zero-order chi connectivity index (χ0) is 14.7. The van der Waals surface area contributed by atoms with Gasteiger partial charge in [-0.2, -0.15) is 4.98 Å². The molecule has 4 nitrogen and oxygen atoms in total. The second-order valence-electron chi connectivity index (χ2n) is 4.49. The van der Waals surface area contributed by atoms with Crippen LogP contribution in [0.4, 0.5) is 0 Å². The highest BCUT2D eigenvalue weighted by Crippen LogP contribution is 2.25. The number of rotatable bonds is 4. The third-order valence-electron chi connectivity index (χ3n) is 2.93. The Balaban J connectivity index is 1.90. The molecule has 0 aliphatic carbocycles. The molecule has 0 fully saturated rings. The predicted molar refractivity (Wildman–Crippen MR) is 81.8 cm³/mol. The lowest BCUT2D eigenvalue weighted by molar-refractivity contribution is 0.177. The molecular weight excluding hydrogens is 288 g/mol. The predicted octanol–water partition coefficient (Wildman–Crippen LogP) is 4.22. The SMILES string of the molecule is COCc1nc(Cl)cc(Oc2ccc3ccccc3c2)n1. The summed E-state index contributed by atoms with van der Waals surface area (Å²) in [4.78, 5) is 8.32. The van der Waals surface area contributed by atoms with Crippen molar-refractivity contribution in [2.75, 3.05) is 7.11 Å². The minimum Gasteiger partial charge on any atom is -0.439 e. The van der Waals surface area contributed by atoms with Crippen molar-refractivity contribution in [3.05, 3.63) is 59.5 Å². The summed E-state index contributed by atoms with van der Waals surface area (Å²) in [7, 11) is 1.58. The molecule has 106 valence electrons. The van der Waals surface area contributed by atoms with Crippen molar-refractivity contribution in [3.63, 3.8) is 0 Å². The van der Waals surface area contributed by atoms with Crippen LogP contribution in [-0.4, -0.2) is 17.1 Å². The summed E-state index contributed by atoms with van der Waals surface area (Å²) in [6.07, 6.45) is 0. The van der Waals surface area contributed by atoms with Crippen molar-refractivity contribution in [1.82, 2.24) is 9.97 Å². The van der Waals surface area contributed by atoms with Crippen LogP contribution in [0.25, 0.3) is 10.8 Å². The van der Waals surface area contributed by atoms with Gasteiger partial charge in [0.15, 0.2) is 5.82 Å². The van der Waals surface area contributed by atoms with Crippen LogP contribution in [0.2, 0.25) is 5.15 Å². The van der Waals surface area contributed by atoms with Crippen LogP contribution in [0, 0.1) is 0 Å². The molecule has 3 rings (SSSR count). The van der Waals surface area contributed by atoms with Crippen LogP contribution in [0.5, 0.6) is 11.6 Å². The van der Waals surface area contributed by atoms with Gasteiger partial charge >= 0.3 is 0 Å². The van der Waals surface area contributed by atoms with E-state index in [0.29, 0.717) is 22.6 Å². The van der Waals surface area contributed by atoms with Gasteiger partial charge in [-0.25, -0.2) is 4.98 Å². The van der Waals surface area contributed by atoms with Gasteiger partial charge in [0, 0.05) is 13.2 Å². The molecule has 0 unspecified atom stereocenters. The number of hydrogen-bond acceptors (Lipinski definition) is 4. The van der Waals surface area contributed by atoms with E-state index in [4.69, 9.17) is 21.1 Å². The summed E-state index contributed by atoms with van der Waals surface area (Å²) in [6, 6.07) is 15.5. The molecular formula is C16H13ClN2O2. The number of hydrogen-bond donors (Lipinski definition) is 0. The van der Waals surface area contributed by atoms with Gasteiger partial charge in [-0.15, -0.1) is 0 Å². The first-order chi connectivity index (χ1) is 10.2. The standard InChI is InChI=1S/C16H13ClN2O2/c1-20-10-15-18-14(17)9-16(19-15)21-13-7-6-11-4-2-3-5-12(11)8-13/h2-9H,10H2,1H3. The second kappa shape index (κ2) is 6.08. The molecule has 0 saturated heterocycles. The van der Waals surface area contributed by atoms with Crippen LogP contribution < -0.4 is 4.74 Å². The van der Waals surface area contributed by atoms with E-state index < -0.39 is 0 Å². The molecule has 0 aliphatic rings. The number of methoxy groups -OCH3 is 1. The molecule has 5 heteroatoms. The van der Waals surface area contributed by atoms with E-state index in [1.165, 1.54) is 0 Å². The highest BCUT2D eigenvalue weighted by Gasteiger charge is 2.06. The Morgan fingerprint density at radius 1 is 1.00 bits per heavy atom. The molecule has 1 aromatic heterocycles. The Morgan fingerprint density at radius 2 is 1.81 bits per heavy atom. The van der Waals surface area contributed by atoms with Crippen LogP contribution in [0.15, 0.2) is 48.5 Å². The van der Waals surface area contributed by atoms with Crippen molar-refractivity contribution in [3.8, 4) is 11.6 Å². The highest BCUT2D eigenvalue weighted by molar-refractivity contribution is 6.29. The van der Waals surface area contributed by atoms with E-state index in [9.17, 15) is 0 Å². The summed E-state index contributed by atoms with van der Waals surface area (Å²) >= 11 is 5.96. The topological polar surface area (TPSA) is 44.2 Å². The molecule has 0 radical (unpaired) electrons. The Kier molecular flexibility index (Phi) is 3.99. The van der Waals surface area contributed by atoms with Crippen molar-refractivity contribution in [2.24, 2.45) is 0 Å². The molecule has 0 spiro atoms. The Morgan fingerprint density at radius 3 is 2.62 bits per heavy atom. The number of nitrogens with zero attached hydrogens (tertiary/aromatic N) is 2. The fourth-order valence-electron chi connectivity index (χ4n) is 2.04. The Labute approximate surface area is 127 Å². The molecule has 0 aliphatic heterocycles. The third-order valence-corrected chi connectivity index (χ3v) is 3.13. The maximum Gasteiger partial charge on any atom is 0.224 e. The number of halogens is 1. The van der Waals surface area contributed by atoms with Gasteiger partial charge in [-0.3, -0.25) is 0 Å². The molecule has 0 atom stereocenters. The van der Waals surface area contributed by atoms with Crippen LogP contribution >= 0.6 is 11.6 Å². The molecule has 0 saturated carbocycles. The van der Waals surface area contributed by atoms with Gasteiger partial charge in [-0.1, -0.05) is 41.9 Å². The fraction of sp³-hybridized carbons (Fsp3) is 0.125. The number of benzene rings is 2. The van der Waals surface area contributed by atoms with Crippen molar-refractivity contribution in [2.45, 2.75) is 6.61 Å². The van der Waals surface area contributed by atoms with Crippen LogP contribution in [0.1, 0.15) is 5.82 Å². The number of ether oxygens (including phenoxy) is 2. The van der Waals surface area contributed by atoms with E-state index in [1.54, 1.807) is 13.2 Å². The minimum atomic E-state index is 0.286. The van der Waals surface area contributed by atoms with Crippen LogP contribution in [0.3, 0.4) is 0 Å². The molecule has 0 amide bonds. The first-order valence-corrected chi connectivity index (χ1v) is 6.81. The highest BCUT2D eigenvalue weighted by atomic mass is 35.5. The monoisotopic (exact) mass is 300 g/mol. The van der Waals surface area contributed by atoms with E-state index in [2.05, 4.69) is 16.0 Å². The fourth-order valence-corrected chi connectivity index (χ4v) is 2.23. The normalized spacial score (nSPS) is 10.8. The smallest absolute Gasteiger partial charge is 0.224 e. The van der Waals surface area contributed by atoms with Crippen molar-refractivity contribution < 1.29 is 9.47 Å². The van der Waals surface area contributed by atoms with E-state index in [1.807, 2.05) is 36.4 Å². The van der Waals surface area contributed by atoms with Gasteiger partial charge in [0.2, 0.25) is 5.88 Å². The lowest BCUT2D eigenvalue weighted by Gasteiger charge is -2.07. The molecule has 3 aromatic rings. The lowest BCUT2D eigenvalue weighted by atomic mass is 10.1. The largest absolute Gasteiger partial charge is 0.439 e. The van der Waals surface area contributed by atoms with Crippen molar-refractivity contribution >= 4 is 22.4 Å². The van der Waals surface area contributed by atoms with Gasteiger partial charge < -0.3 is 9.47 Å². The first kappa shape index (κ1) is 13.8. The second-order valence-corrected chi connectivity index (χ2v) is 4.88. The van der Waals surface area contributed by atoms with Crippen LogP contribution in [-0.2, 0) is 11.3 Å². The average molecular weight is 301 g/mol. The van der Waals surface area contributed by atoms with Gasteiger partial charge in [0.1, 0.15) is 17.5 Å². The van der Waals surface area contributed by atoms with Gasteiger partial charge in [0.25, 0.3) is 0 Å². The number of aromatic nitrogens is 2. The molecule has 21 heavy (non-hydrogen) atoms. The van der Waals surface area contributed by atoms with Gasteiger partial charge in [-0.05, 0) is 22.9 Å². The maximum atomic E-state index is 5.96. The molecule has 0 N–H and O–H groups in total. The third kappa shape index (κ3) is 3.29. The summed E-state index contributed by atoms with van der Waals surface area (Å²) in [6.45, 7) is 0.286. The number of fused-ring (bicyclic) bond motifs is 1. The Hall–Kier alpha value is -2.17. The first-order valence-electron chi connectivity index (χ1n) is 6.43. The molecule has 2 aromatic carbocycles. The summed E-state index contributed by atoms with van der Waals surface area (Å²) in [5.74, 6) is 1.59. The van der Waals surface area contributed by atoms with E-state index in [-0.39, 0.29) is 6.61 Å².